The van der Waals surface area contributed by atoms with Crippen LogP contribution in [0.5, 0.6) is 0 Å². The molecule has 0 N–H and O–H groups in total. The molecule has 0 unspecified atom stereocenters. The fourth-order valence-corrected chi connectivity index (χ4v) is 8.68. The van der Waals surface area contributed by atoms with E-state index in [0.717, 1.165) is 111 Å². The van der Waals surface area contributed by atoms with Gasteiger partial charge in [0.15, 0.2) is 5.58 Å². The quantitative estimate of drug-likeness (QED) is 0.178. The van der Waals surface area contributed by atoms with Gasteiger partial charge in [0, 0.05) is 54.6 Å². The number of para-hydroxylation sites is 4. The van der Waals surface area contributed by atoms with Crippen LogP contribution in [0.25, 0.3) is 98.8 Å². The first-order chi connectivity index (χ1) is 27.8. The van der Waals surface area contributed by atoms with Crippen molar-refractivity contribution in [2.45, 2.75) is 0 Å². The predicted molar refractivity (Wildman–Crippen MR) is 231 cm³/mol. The Morgan fingerprint density at radius 2 is 0.821 bits per heavy atom. The van der Waals surface area contributed by atoms with Crippen LogP contribution in [0, 0.1) is 0 Å². The van der Waals surface area contributed by atoms with E-state index in [-0.39, 0.29) is 0 Å². The standard InChI is InChI=1S/C52H31NO3/c1-2-11-38-32(10-1)26-31-44-49-37(14-9-21-48(49)56-51(38)44)33-22-27-35(28-23-33)53(45-18-8-17-43-41-13-4-6-20-47(41)55-52(43)45)36-29-24-34(25-30-36)39-15-7-16-42-40-12-3-5-19-46(40)54-50(39)42/h1-31H. The number of furan rings is 3. The Morgan fingerprint density at radius 1 is 0.304 bits per heavy atom. The van der Waals surface area contributed by atoms with E-state index in [2.05, 4.69) is 169 Å². The van der Waals surface area contributed by atoms with Gasteiger partial charge in [-0.1, -0.05) is 133 Å². The minimum atomic E-state index is 0.843. The monoisotopic (exact) mass is 717 g/mol. The Hall–Kier alpha value is -7.56. The number of hydrogen-bond donors (Lipinski definition) is 0. The van der Waals surface area contributed by atoms with Gasteiger partial charge < -0.3 is 18.2 Å². The lowest BCUT2D eigenvalue weighted by molar-refractivity contribution is 0.669. The van der Waals surface area contributed by atoms with Gasteiger partial charge in [0.25, 0.3) is 0 Å². The second-order valence-electron chi connectivity index (χ2n) is 14.4. The van der Waals surface area contributed by atoms with Gasteiger partial charge in [-0.15, -0.1) is 0 Å². The van der Waals surface area contributed by atoms with E-state index in [0.29, 0.717) is 0 Å². The summed E-state index contributed by atoms with van der Waals surface area (Å²) in [5, 5.41) is 8.96. The number of fused-ring (bicyclic) bond motifs is 11. The van der Waals surface area contributed by atoms with Gasteiger partial charge >= 0.3 is 0 Å². The zero-order valence-corrected chi connectivity index (χ0v) is 30.1. The minimum Gasteiger partial charge on any atom is -0.455 e. The first-order valence-corrected chi connectivity index (χ1v) is 18.9. The van der Waals surface area contributed by atoms with E-state index in [1.54, 1.807) is 0 Å². The Morgan fingerprint density at radius 3 is 1.55 bits per heavy atom. The van der Waals surface area contributed by atoms with E-state index in [9.17, 15) is 0 Å². The van der Waals surface area contributed by atoms with Gasteiger partial charge in [0.05, 0.1) is 5.69 Å². The Balaban J connectivity index is 1.01. The van der Waals surface area contributed by atoms with Crippen LogP contribution in [0.4, 0.5) is 17.1 Å². The maximum Gasteiger partial charge on any atom is 0.159 e. The van der Waals surface area contributed by atoms with Crippen molar-refractivity contribution in [3.8, 4) is 22.3 Å². The molecule has 0 fully saturated rings. The normalized spacial score (nSPS) is 11.9. The largest absolute Gasteiger partial charge is 0.455 e. The first kappa shape index (κ1) is 30.9. The number of benzene rings is 9. The van der Waals surface area contributed by atoms with Crippen LogP contribution in [0.2, 0.25) is 0 Å². The van der Waals surface area contributed by atoms with Crippen molar-refractivity contribution in [3.63, 3.8) is 0 Å². The molecule has 12 aromatic rings. The van der Waals surface area contributed by atoms with Crippen molar-refractivity contribution in [2.75, 3.05) is 4.90 Å². The van der Waals surface area contributed by atoms with Gasteiger partial charge in [-0.05, 0) is 76.7 Å². The van der Waals surface area contributed by atoms with Crippen molar-refractivity contribution in [1.29, 1.82) is 0 Å². The van der Waals surface area contributed by atoms with Crippen LogP contribution >= 0.6 is 0 Å². The average Bonchev–Trinajstić information content (AvgIpc) is 3.96. The molecular weight excluding hydrogens is 687 g/mol. The van der Waals surface area contributed by atoms with Crippen molar-refractivity contribution in [2.24, 2.45) is 0 Å². The van der Waals surface area contributed by atoms with Crippen LogP contribution < -0.4 is 4.90 Å². The van der Waals surface area contributed by atoms with E-state index >= 15 is 0 Å². The van der Waals surface area contributed by atoms with Gasteiger partial charge in [-0.3, -0.25) is 0 Å². The Labute approximate surface area is 321 Å². The molecular formula is C52H31NO3. The molecule has 3 heterocycles. The molecule has 0 bridgehead atoms. The maximum absolute atomic E-state index is 6.62. The summed E-state index contributed by atoms with van der Waals surface area (Å²) in [4.78, 5) is 2.29. The van der Waals surface area contributed by atoms with Crippen molar-refractivity contribution in [1.82, 2.24) is 0 Å². The van der Waals surface area contributed by atoms with Gasteiger partial charge in [-0.25, -0.2) is 0 Å². The van der Waals surface area contributed by atoms with Crippen LogP contribution in [-0.4, -0.2) is 0 Å². The summed E-state index contributed by atoms with van der Waals surface area (Å²) in [6.45, 7) is 0. The first-order valence-electron chi connectivity index (χ1n) is 18.9. The van der Waals surface area contributed by atoms with Gasteiger partial charge in [0.2, 0.25) is 0 Å². The summed E-state index contributed by atoms with van der Waals surface area (Å²) in [5.41, 5.74) is 12.7. The number of nitrogens with zero attached hydrogens (tertiary/aromatic N) is 1. The van der Waals surface area contributed by atoms with E-state index < -0.39 is 0 Å². The average molecular weight is 718 g/mol. The van der Waals surface area contributed by atoms with Crippen molar-refractivity contribution < 1.29 is 13.3 Å². The van der Waals surface area contributed by atoms with E-state index in [1.807, 2.05) is 24.3 Å². The molecule has 0 amide bonds. The van der Waals surface area contributed by atoms with Crippen LogP contribution in [0.3, 0.4) is 0 Å². The van der Waals surface area contributed by atoms with Crippen molar-refractivity contribution >= 4 is 93.7 Å². The third kappa shape index (κ3) is 4.60. The summed E-state index contributed by atoms with van der Waals surface area (Å²) in [7, 11) is 0. The fourth-order valence-electron chi connectivity index (χ4n) is 8.68. The van der Waals surface area contributed by atoms with E-state index in [4.69, 9.17) is 13.3 Å². The summed E-state index contributed by atoms with van der Waals surface area (Å²) in [6.07, 6.45) is 0. The maximum atomic E-state index is 6.62. The Bertz CT molecular complexity index is 3470. The highest BCUT2D eigenvalue weighted by Crippen LogP contribution is 2.45. The Kier molecular flexibility index (Phi) is 6.60. The molecule has 0 aliphatic rings. The molecule has 0 saturated carbocycles. The molecule has 0 aliphatic carbocycles. The predicted octanol–water partition coefficient (Wildman–Crippen LogP) is 15.3. The molecule has 3 aromatic heterocycles. The highest BCUT2D eigenvalue weighted by molar-refractivity contribution is 6.19. The molecule has 0 radical (unpaired) electrons. The summed E-state index contributed by atoms with van der Waals surface area (Å²) < 4.78 is 19.6. The third-order valence-electron chi connectivity index (χ3n) is 11.3. The van der Waals surface area contributed by atoms with Crippen LogP contribution in [0.15, 0.2) is 201 Å². The third-order valence-corrected chi connectivity index (χ3v) is 11.3. The van der Waals surface area contributed by atoms with Crippen LogP contribution in [-0.2, 0) is 0 Å². The molecule has 0 spiro atoms. The highest BCUT2D eigenvalue weighted by atomic mass is 16.3. The molecule has 12 rings (SSSR count). The molecule has 0 aliphatic heterocycles. The van der Waals surface area contributed by atoms with Gasteiger partial charge in [-0.2, -0.15) is 0 Å². The SMILES string of the molecule is c1ccc2c(c1)ccc1c2oc2cccc(-c3ccc(N(c4ccc(-c5cccc6c5oc5ccccc56)cc4)c4cccc5c4oc4ccccc45)cc3)c21. The molecule has 4 heteroatoms. The fraction of sp³-hybridized carbons (Fsp3) is 0. The van der Waals surface area contributed by atoms with E-state index in [1.165, 1.54) is 5.39 Å². The van der Waals surface area contributed by atoms with Crippen molar-refractivity contribution in [3.05, 3.63) is 188 Å². The number of rotatable bonds is 5. The highest BCUT2D eigenvalue weighted by Gasteiger charge is 2.21. The molecule has 0 saturated heterocycles. The molecule has 262 valence electrons. The second kappa shape index (κ2) is 12.0. The zero-order chi connectivity index (χ0) is 36.7. The molecule has 56 heavy (non-hydrogen) atoms. The van der Waals surface area contributed by atoms with Crippen LogP contribution in [0.1, 0.15) is 0 Å². The summed E-state index contributed by atoms with van der Waals surface area (Å²) in [6, 6.07) is 66.0. The van der Waals surface area contributed by atoms with Gasteiger partial charge in [0.1, 0.15) is 27.9 Å². The minimum absolute atomic E-state index is 0.843. The lowest BCUT2D eigenvalue weighted by atomic mass is 9.98. The molecule has 9 aromatic carbocycles. The number of hydrogen-bond acceptors (Lipinski definition) is 4. The lowest BCUT2D eigenvalue weighted by Gasteiger charge is -2.26. The topological polar surface area (TPSA) is 42.7 Å². The molecule has 0 atom stereocenters. The number of anilines is 3. The second-order valence-corrected chi connectivity index (χ2v) is 14.4. The zero-order valence-electron chi connectivity index (χ0n) is 30.1. The lowest BCUT2D eigenvalue weighted by Crippen LogP contribution is -2.10. The summed E-state index contributed by atoms with van der Waals surface area (Å²) in [5.74, 6) is 0. The molecule has 4 nitrogen and oxygen atoms in total. The smallest absolute Gasteiger partial charge is 0.159 e. The summed E-state index contributed by atoms with van der Waals surface area (Å²) >= 11 is 0.